The third-order valence-corrected chi connectivity index (χ3v) is 6.91. The van der Waals surface area contributed by atoms with Crippen LogP contribution >= 0.6 is 11.6 Å². The molecule has 27 heavy (non-hydrogen) atoms. The molecule has 1 saturated heterocycles. The van der Waals surface area contributed by atoms with E-state index in [1.807, 2.05) is 31.2 Å². The van der Waals surface area contributed by atoms with Crippen LogP contribution in [0.5, 0.6) is 0 Å². The minimum atomic E-state index is -3.47. The highest BCUT2D eigenvalue weighted by Gasteiger charge is 2.32. The molecule has 0 saturated carbocycles. The first-order valence-corrected chi connectivity index (χ1v) is 10.9. The predicted molar refractivity (Wildman–Crippen MR) is 108 cm³/mol. The summed E-state index contributed by atoms with van der Waals surface area (Å²) in [6.07, 6.45) is 1.35. The first-order valence-electron chi connectivity index (χ1n) is 8.94. The van der Waals surface area contributed by atoms with Crippen molar-refractivity contribution in [3.63, 3.8) is 0 Å². The van der Waals surface area contributed by atoms with Gasteiger partial charge in [-0.15, -0.1) is 0 Å². The molecule has 0 radical (unpaired) electrons. The second-order valence-electron chi connectivity index (χ2n) is 6.88. The molecule has 1 amide bonds. The van der Waals surface area contributed by atoms with E-state index in [0.717, 1.165) is 11.1 Å². The second kappa shape index (κ2) is 8.42. The van der Waals surface area contributed by atoms with Crippen molar-refractivity contribution in [1.82, 2.24) is 4.31 Å². The van der Waals surface area contributed by atoms with Gasteiger partial charge in [0.2, 0.25) is 15.9 Å². The topological polar surface area (TPSA) is 66.5 Å². The first-order chi connectivity index (χ1) is 12.8. The Kier molecular flexibility index (Phi) is 6.19. The van der Waals surface area contributed by atoms with Gasteiger partial charge in [-0.05, 0) is 55.2 Å². The molecule has 3 rings (SSSR count). The Morgan fingerprint density at radius 3 is 2.59 bits per heavy atom. The average molecular weight is 407 g/mol. The lowest BCUT2D eigenvalue weighted by molar-refractivity contribution is -0.120. The van der Waals surface area contributed by atoms with Crippen molar-refractivity contribution in [2.45, 2.75) is 25.5 Å². The molecule has 5 nitrogen and oxygen atoms in total. The third-order valence-electron chi connectivity index (χ3n) is 4.86. The molecule has 0 aliphatic carbocycles. The van der Waals surface area contributed by atoms with Gasteiger partial charge in [0.05, 0.1) is 11.7 Å². The number of nitrogens with one attached hydrogen (secondary N) is 1. The van der Waals surface area contributed by atoms with Gasteiger partial charge in [-0.2, -0.15) is 0 Å². The molecule has 1 aliphatic rings. The van der Waals surface area contributed by atoms with Crippen LogP contribution in [-0.2, 0) is 20.6 Å². The van der Waals surface area contributed by atoms with Gasteiger partial charge in [0, 0.05) is 23.8 Å². The summed E-state index contributed by atoms with van der Waals surface area (Å²) < 4.78 is 27.2. The normalized spacial score (nSPS) is 18.2. The zero-order valence-corrected chi connectivity index (χ0v) is 16.8. The fraction of sp³-hybridized carbons (Fsp3) is 0.350. The lowest BCUT2D eigenvalue weighted by Crippen LogP contribution is -2.44. The lowest BCUT2D eigenvalue weighted by atomic mass is 9.99. The summed E-state index contributed by atoms with van der Waals surface area (Å²) in [5.41, 5.74) is 2.41. The van der Waals surface area contributed by atoms with E-state index in [9.17, 15) is 13.2 Å². The summed E-state index contributed by atoms with van der Waals surface area (Å²) in [5, 5.41) is 3.45. The Bertz CT molecular complexity index is 913. The van der Waals surface area contributed by atoms with Gasteiger partial charge in [-0.3, -0.25) is 4.79 Å². The SMILES string of the molecule is Cc1ccccc1CS(=O)(=O)N1CCC[C@@H](C(=O)Nc2ccc(Cl)cc2)C1. The standard InChI is InChI=1S/C20H23ClN2O3S/c1-15-5-2-3-6-17(15)14-27(25,26)23-12-4-7-16(13-23)20(24)22-19-10-8-18(21)9-11-19/h2-3,5-6,8-11,16H,4,7,12-14H2,1H3,(H,22,24)/t16-/m1/s1. The third kappa shape index (κ3) is 5.09. The van der Waals surface area contributed by atoms with E-state index in [0.29, 0.717) is 30.1 Å². The highest BCUT2D eigenvalue weighted by molar-refractivity contribution is 7.88. The number of anilines is 1. The Hall–Kier alpha value is -1.89. The molecular formula is C20H23ClN2O3S. The number of amides is 1. The maximum absolute atomic E-state index is 12.9. The zero-order chi connectivity index (χ0) is 19.4. The largest absolute Gasteiger partial charge is 0.326 e. The molecule has 1 atom stereocenters. The molecular weight excluding hydrogens is 384 g/mol. The van der Waals surface area contributed by atoms with Gasteiger partial charge in [-0.25, -0.2) is 12.7 Å². The molecule has 2 aromatic rings. The second-order valence-corrected chi connectivity index (χ2v) is 9.28. The monoisotopic (exact) mass is 406 g/mol. The minimum absolute atomic E-state index is 0.0365. The highest BCUT2D eigenvalue weighted by atomic mass is 35.5. The number of hydrogen-bond donors (Lipinski definition) is 1. The van der Waals surface area contributed by atoms with Crippen molar-refractivity contribution in [3.05, 3.63) is 64.7 Å². The van der Waals surface area contributed by atoms with Gasteiger partial charge in [0.1, 0.15) is 0 Å². The summed E-state index contributed by atoms with van der Waals surface area (Å²) in [6, 6.07) is 14.4. The predicted octanol–water partition coefficient (Wildman–Crippen LogP) is 3.83. The maximum atomic E-state index is 12.9. The smallest absolute Gasteiger partial charge is 0.228 e. The van der Waals surface area contributed by atoms with Crippen molar-refractivity contribution in [3.8, 4) is 0 Å². The molecule has 0 aromatic heterocycles. The van der Waals surface area contributed by atoms with Crippen LogP contribution in [-0.4, -0.2) is 31.7 Å². The Morgan fingerprint density at radius 2 is 1.89 bits per heavy atom. The van der Waals surface area contributed by atoms with E-state index in [2.05, 4.69) is 5.32 Å². The number of benzene rings is 2. The quantitative estimate of drug-likeness (QED) is 0.820. The number of hydrogen-bond acceptors (Lipinski definition) is 3. The van der Waals surface area contributed by atoms with Crippen LogP contribution in [0.15, 0.2) is 48.5 Å². The average Bonchev–Trinajstić information content (AvgIpc) is 2.65. The van der Waals surface area contributed by atoms with Crippen molar-refractivity contribution < 1.29 is 13.2 Å². The van der Waals surface area contributed by atoms with Crippen LogP contribution in [0.4, 0.5) is 5.69 Å². The van der Waals surface area contributed by atoms with Crippen molar-refractivity contribution in [1.29, 1.82) is 0 Å². The Labute approximate surface area is 165 Å². The van der Waals surface area contributed by atoms with E-state index in [-0.39, 0.29) is 24.1 Å². The van der Waals surface area contributed by atoms with Gasteiger partial charge < -0.3 is 5.32 Å². The van der Waals surface area contributed by atoms with Crippen LogP contribution in [0.25, 0.3) is 0 Å². The van der Waals surface area contributed by atoms with E-state index in [4.69, 9.17) is 11.6 Å². The van der Waals surface area contributed by atoms with Crippen molar-refractivity contribution in [2.24, 2.45) is 5.92 Å². The fourth-order valence-corrected chi connectivity index (χ4v) is 5.09. The molecule has 1 fully saturated rings. The zero-order valence-electron chi connectivity index (χ0n) is 15.2. The van der Waals surface area contributed by atoms with E-state index < -0.39 is 10.0 Å². The summed E-state index contributed by atoms with van der Waals surface area (Å²) in [4.78, 5) is 12.6. The van der Waals surface area contributed by atoms with Crippen LogP contribution in [0.3, 0.4) is 0 Å². The van der Waals surface area contributed by atoms with Gasteiger partial charge in [-0.1, -0.05) is 35.9 Å². The van der Waals surface area contributed by atoms with Crippen LogP contribution < -0.4 is 5.32 Å². The number of carbonyl (C=O) groups is 1. The van der Waals surface area contributed by atoms with Gasteiger partial charge in [0.15, 0.2) is 0 Å². The summed E-state index contributed by atoms with van der Waals surface area (Å²) in [5.74, 6) is -0.556. The number of carbonyl (C=O) groups excluding carboxylic acids is 1. The molecule has 1 heterocycles. The molecule has 1 N–H and O–H groups in total. The Balaban J connectivity index is 1.66. The fourth-order valence-electron chi connectivity index (χ4n) is 3.25. The first kappa shape index (κ1) is 19.9. The van der Waals surface area contributed by atoms with E-state index in [1.165, 1.54) is 4.31 Å². The number of piperidine rings is 1. The number of nitrogens with zero attached hydrogens (tertiary/aromatic N) is 1. The molecule has 0 spiro atoms. The van der Waals surface area contributed by atoms with Crippen LogP contribution in [0.1, 0.15) is 24.0 Å². The Morgan fingerprint density at radius 1 is 1.19 bits per heavy atom. The summed E-state index contributed by atoms with van der Waals surface area (Å²) in [6.45, 7) is 2.58. The van der Waals surface area contributed by atoms with Crippen molar-refractivity contribution >= 4 is 33.2 Å². The number of aryl methyl sites for hydroxylation is 1. The molecule has 2 aromatic carbocycles. The molecule has 7 heteroatoms. The lowest BCUT2D eigenvalue weighted by Gasteiger charge is -2.31. The number of rotatable bonds is 5. The molecule has 0 bridgehead atoms. The maximum Gasteiger partial charge on any atom is 0.228 e. The minimum Gasteiger partial charge on any atom is -0.326 e. The molecule has 0 unspecified atom stereocenters. The van der Waals surface area contributed by atoms with Gasteiger partial charge >= 0.3 is 0 Å². The van der Waals surface area contributed by atoms with Crippen LogP contribution in [0, 0.1) is 12.8 Å². The van der Waals surface area contributed by atoms with E-state index in [1.54, 1.807) is 24.3 Å². The molecule has 1 aliphatic heterocycles. The summed E-state index contributed by atoms with van der Waals surface area (Å²) >= 11 is 5.86. The number of halogens is 1. The summed E-state index contributed by atoms with van der Waals surface area (Å²) in [7, 11) is -3.47. The van der Waals surface area contributed by atoms with Gasteiger partial charge in [0.25, 0.3) is 0 Å². The van der Waals surface area contributed by atoms with E-state index >= 15 is 0 Å². The number of sulfonamides is 1. The highest BCUT2D eigenvalue weighted by Crippen LogP contribution is 2.24. The van der Waals surface area contributed by atoms with Crippen LogP contribution in [0.2, 0.25) is 5.02 Å². The van der Waals surface area contributed by atoms with Crippen molar-refractivity contribution in [2.75, 3.05) is 18.4 Å². The molecule has 144 valence electrons.